The number of aromatic nitrogens is 1. The Balaban J connectivity index is 2.76. The lowest BCUT2D eigenvalue weighted by atomic mass is 10.2. The summed E-state index contributed by atoms with van der Waals surface area (Å²) < 4.78 is 0.764. The maximum atomic E-state index is 10.9. The molecule has 1 amide bonds. The van der Waals surface area contributed by atoms with Crippen molar-refractivity contribution < 1.29 is 4.79 Å². The molecular weight excluding hydrogens is 258 g/mol. The van der Waals surface area contributed by atoms with E-state index < -0.39 is 5.91 Å². The summed E-state index contributed by atoms with van der Waals surface area (Å²) in [6, 6.07) is 7.06. The number of nitrogens with zero attached hydrogens (tertiary/aromatic N) is 1. The molecule has 0 aliphatic rings. The number of halogens is 1. The number of primary amides is 1. The van der Waals surface area contributed by atoms with Crippen molar-refractivity contribution in [3.63, 3.8) is 0 Å². The first-order chi connectivity index (χ1) is 7.11. The van der Waals surface area contributed by atoms with E-state index in [1.807, 2.05) is 6.07 Å². The molecule has 1 heterocycles. The fourth-order valence-electron chi connectivity index (χ4n) is 1.39. The van der Waals surface area contributed by atoms with Gasteiger partial charge in [-0.1, -0.05) is 15.9 Å². The van der Waals surface area contributed by atoms with E-state index in [9.17, 15) is 4.79 Å². The number of nitriles is 1. The van der Waals surface area contributed by atoms with Crippen LogP contribution in [0.25, 0.3) is 10.9 Å². The molecule has 1 aromatic heterocycles. The Morgan fingerprint density at radius 2 is 2.20 bits per heavy atom. The van der Waals surface area contributed by atoms with Gasteiger partial charge in [0.05, 0.1) is 11.6 Å². The molecule has 0 spiro atoms. The van der Waals surface area contributed by atoms with Gasteiger partial charge >= 0.3 is 0 Å². The number of H-pyrrole nitrogens is 1. The van der Waals surface area contributed by atoms with E-state index in [2.05, 4.69) is 20.9 Å². The SMILES string of the molecule is N#Cc1cc(Br)c2cc(C(N)=O)[nH]c2c1. The standard InChI is InChI=1S/C10H6BrN3O/c11-7-1-5(4-12)2-8-6(7)3-9(14-8)10(13)15/h1-3,14H,(H2,13,15). The topological polar surface area (TPSA) is 82.7 Å². The number of nitrogens with one attached hydrogen (secondary N) is 1. The van der Waals surface area contributed by atoms with Crippen molar-refractivity contribution in [1.82, 2.24) is 4.98 Å². The summed E-state index contributed by atoms with van der Waals surface area (Å²) in [5, 5.41) is 9.60. The molecular formula is C10H6BrN3O. The zero-order chi connectivity index (χ0) is 11.0. The number of carbonyl (C=O) groups is 1. The van der Waals surface area contributed by atoms with Gasteiger partial charge in [-0.3, -0.25) is 4.79 Å². The van der Waals surface area contributed by atoms with Crippen molar-refractivity contribution in [2.24, 2.45) is 5.73 Å². The summed E-state index contributed by atoms with van der Waals surface area (Å²) in [5.74, 6) is -0.517. The summed E-state index contributed by atoms with van der Waals surface area (Å²) >= 11 is 3.33. The summed E-state index contributed by atoms with van der Waals surface area (Å²) in [7, 11) is 0. The predicted octanol–water partition coefficient (Wildman–Crippen LogP) is 1.90. The molecule has 0 radical (unpaired) electrons. The van der Waals surface area contributed by atoms with E-state index in [0.29, 0.717) is 11.3 Å². The third-order valence-electron chi connectivity index (χ3n) is 2.08. The Morgan fingerprint density at radius 1 is 1.47 bits per heavy atom. The van der Waals surface area contributed by atoms with Crippen LogP contribution in [0.15, 0.2) is 22.7 Å². The molecule has 0 atom stereocenters. The lowest BCUT2D eigenvalue weighted by molar-refractivity contribution is 0.0996. The van der Waals surface area contributed by atoms with E-state index in [0.717, 1.165) is 15.4 Å². The fourth-order valence-corrected chi connectivity index (χ4v) is 1.97. The highest BCUT2D eigenvalue weighted by Crippen LogP contribution is 2.26. The Hall–Kier alpha value is -1.80. The van der Waals surface area contributed by atoms with Crippen molar-refractivity contribution in [3.8, 4) is 6.07 Å². The lowest BCUT2D eigenvalue weighted by Gasteiger charge is -1.94. The second-order valence-electron chi connectivity index (χ2n) is 3.08. The highest BCUT2D eigenvalue weighted by atomic mass is 79.9. The average Bonchev–Trinajstić information content (AvgIpc) is 2.61. The number of rotatable bonds is 1. The van der Waals surface area contributed by atoms with Crippen molar-refractivity contribution in [2.45, 2.75) is 0 Å². The highest BCUT2D eigenvalue weighted by Gasteiger charge is 2.09. The average molecular weight is 264 g/mol. The van der Waals surface area contributed by atoms with Crippen LogP contribution in [0.3, 0.4) is 0 Å². The molecule has 2 aromatic rings. The molecule has 0 bridgehead atoms. The number of nitrogens with two attached hydrogens (primary N) is 1. The van der Waals surface area contributed by atoms with E-state index in [-0.39, 0.29) is 0 Å². The number of carbonyl (C=O) groups excluding carboxylic acids is 1. The maximum Gasteiger partial charge on any atom is 0.265 e. The first-order valence-corrected chi connectivity index (χ1v) is 4.93. The largest absolute Gasteiger partial charge is 0.364 e. The number of hydrogen-bond acceptors (Lipinski definition) is 2. The van der Waals surface area contributed by atoms with Gasteiger partial charge in [0.25, 0.3) is 5.91 Å². The van der Waals surface area contributed by atoms with Crippen LogP contribution in [0.1, 0.15) is 16.1 Å². The van der Waals surface area contributed by atoms with E-state index >= 15 is 0 Å². The van der Waals surface area contributed by atoms with Crippen LogP contribution >= 0.6 is 15.9 Å². The van der Waals surface area contributed by atoms with Crippen molar-refractivity contribution >= 4 is 32.7 Å². The summed E-state index contributed by atoms with van der Waals surface area (Å²) in [5.41, 5.74) is 6.72. The Bertz CT molecular complexity index is 594. The summed E-state index contributed by atoms with van der Waals surface area (Å²) in [6.45, 7) is 0. The second kappa shape index (κ2) is 3.41. The molecule has 0 aliphatic heterocycles. The first-order valence-electron chi connectivity index (χ1n) is 4.14. The van der Waals surface area contributed by atoms with E-state index in [1.54, 1.807) is 18.2 Å². The van der Waals surface area contributed by atoms with Crippen molar-refractivity contribution in [2.75, 3.05) is 0 Å². The molecule has 1 aromatic carbocycles. The zero-order valence-electron chi connectivity index (χ0n) is 7.54. The molecule has 74 valence electrons. The number of benzene rings is 1. The van der Waals surface area contributed by atoms with Crippen LogP contribution in [0, 0.1) is 11.3 Å². The fraction of sp³-hybridized carbons (Fsp3) is 0. The minimum atomic E-state index is -0.517. The van der Waals surface area contributed by atoms with Gasteiger partial charge in [-0.2, -0.15) is 5.26 Å². The molecule has 5 heteroatoms. The first kappa shape index (κ1) is 9.74. The molecule has 2 rings (SSSR count). The normalized spacial score (nSPS) is 10.1. The summed E-state index contributed by atoms with van der Waals surface area (Å²) in [6.07, 6.45) is 0. The second-order valence-corrected chi connectivity index (χ2v) is 3.93. The van der Waals surface area contributed by atoms with Crippen molar-refractivity contribution in [1.29, 1.82) is 5.26 Å². The molecule has 0 fully saturated rings. The van der Waals surface area contributed by atoms with Gasteiger partial charge < -0.3 is 10.7 Å². The van der Waals surface area contributed by atoms with Gasteiger partial charge in [-0.15, -0.1) is 0 Å². The number of hydrogen-bond donors (Lipinski definition) is 2. The van der Waals surface area contributed by atoms with Gasteiger partial charge in [0, 0.05) is 15.4 Å². The zero-order valence-corrected chi connectivity index (χ0v) is 9.13. The van der Waals surface area contributed by atoms with Crippen LogP contribution < -0.4 is 5.73 Å². The molecule has 0 saturated heterocycles. The predicted molar refractivity (Wildman–Crippen MR) is 59.2 cm³/mol. The van der Waals surface area contributed by atoms with Crippen LogP contribution in [0.2, 0.25) is 0 Å². The van der Waals surface area contributed by atoms with Gasteiger partial charge in [0.15, 0.2) is 0 Å². The van der Waals surface area contributed by atoms with Crippen LogP contribution in [-0.2, 0) is 0 Å². The van der Waals surface area contributed by atoms with Gasteiger partial charge in [0.2, 0.25) is 0 Å². The number of fused-ring (bicyclic) bond motifs is 1. The minimum Gasteiger partial charge on any atom is -0.364 e. The quantitative estimate of drug-likeness (QED) is 0.824. The van der Waals surface area contributed by atoms with E-state index in [1.165, 1.54) is 0 Å². The summed E-state index contributed by atoms with van der Waals surface area (Å²) in [4.78, 5) is 13.8. The van der Waals surface area contributed by atoms with Gasteiger partial charge in [0.1, 0.15) is 5.69 Å². The lowest BCUT2D eigenvalue weighted by Crippen LogP contribution is -2.10. The third kappa shape index (κ3) is 1.60. The molecule has 0 saturated carbocycles. The van der Waals surface area contributed by atoms with Gasteiger partial charge in [-0.05, 0) is 18.2 Å². The Morgan fingerprint density at radius 3 is 2.80 bits per heavy atom. The van der Waals surface area contributed by atoms with Crippen LogP contribution in [-0.4, -0.2) is 10.9 Å². The number of aromatic amines is 1. The molecule has 3 N–H and O–H groups in total. The van der Waals surface area contributed by atoms with E-state index in [4.69, 9.17) is 11.0 Å². The smallest absolute Gasteiger partial charge is 0.265 e. The molecule has 0 aliphatic carbocycles. The Labute approximate surface area is 93.8 Å². The molecule has 15 heavy (non-hydrogen) atoms. The maximum absolute atomic E-state index is 10.9. The van der Waals surface area contributed by atoms with Gasteiger partial charge in [-0.25, -0.2) is 0 Å². The van der Waals surface area contributed by atoms with Crippen LogP contribution in [0.4, 0.5) is 0 Å². The van der Waals surface area contributed by atoms with Crippen molar-refractivity contribution in [3.05, 3.63) is 33.9 Å². The Kier molecular flexibility index (Phi) is 2.21. The monoisotopic (exact) mass is 263 g/mol. The highest BCUT2D eigenvalue weighted by molar-refractivity contribution is 9.10. The third-order valence-corrected chi connectivity index (χ3v) is 2.74. The molecule has 4 nitrogen and oxygen atoms in total. The minimum absolute atomic E-state index is 0.334. The van der Waals surface area contributed by atoms with Crippen LogP contribution in [0.5, 0.6) is 0 Å². The number of amides is 1. The molecule has 0 unspecified atom stereocenters.